The molecule has 6 nitrogen and oxygen atoms in total. The number of para-hydroxylation sites is 1. The number of nitrogens with zero attached hydrogens (tertiary/aromatic N) is 3. The predicted octanol–water partition coefficient (Wildman–Crippen LogP) is 2.90. The number of alkyl halides is 3. The molecular formula is C20H17F3N4O2. The van der Waals surface area contributed by atoms with Gasteiger partial charge >= 0.3 is 6.18 Å². The van der Waals surface area contributed by atoms with Gasteiger partial charge in [0.25, 0.3) is 5.91 Å². The molecule has 3 heterocycles. The molecule has 1 aliphatic heterocycles. The topological polar surface area (TPSA) is 69.3 Å². The summed E-state index contributed by atoms with van der Waals surface area (Å²) in [6.07, 6.45) is -3.61. The maximum Gasteiger partial charge on any atom is 0.417 e. The van der Waals surface area contributed by atoms with E-state index in [-0.39, 0.29) is 11.5 Å². The van der Waals surface area contributed by atoms with Crippen molar-refractivity contribution < 1.29 is 18.0 Å². The second-order valence-corrected chi connectivity index (χ2v) is 6.77. The van der Waals surface area contributed by atoms with Gasteiger partial charge in [0.05, 0.1) is 11.1 Å². The van der Waals surface area contributed by atoms with Gasteiger partial charge < -0.3 is 14.8 Å². The van der Waals surface area contributed by atoms with Crippen LogP contribution in [0.5, 0.6) is 0 Å². The zero-order valence-corrected chi connectivity index (χ0v) is 15.2. The van der Waals surface area contributed by atoms with Gasteiger partial charge in [0.2, 0.25) is 5.56 Å². The average Bonchev–Trinajstić information content (AvgIpc) is 2.72. The van der Waals surface area contributed by atoms with Crippen LogP contribution in [0.3, 0.4) is 0 Å². The lowest BCUT2D eigenvalue weighted by Crippen LogP contribution is -2.49. The first-order valence-electron chi connectivity index (χ1n) is 9.02. The van der Waals surface area contributed by atoms with Gasteiger partial charge in [0, 0.05) is 49.3 Å². The Kier molecular flexibility index (Phi) is 4.73. The second kappa shape index (κ2) is 7.23. The van der Waals surface area contributed by atoms with Crippen molar-refractivity contribution in [1.82, 2.24) is 14.9 Å². The van der Waals surface area contributed by atoms with Crippen molar-refractivity contribution in [3.63, 3.8) is 0 Å². The Balaban J connectivity index is 1.49. The molecular weight excluding hydrogens is 385 g/mol. The molecule has 29 heavy (non-hydrogen) atoms. The zero-order valence-electron chi connectivity index (χ0n) is 15.2. The van der Waals surface area contributed by atoms with Gasteiger partial charge in [0.1, 0.15) is 5.82 Å². The third-order valence-corrected chi connectivity index (χ3v) is 4.95. The minimum atomic E-state index is -4.42. The lowest BCUT2D eigenvalue weighted by molar-refractivity contribution is -0.137. The second-order valence-electron chi connectivity index (χ2n) is 6.77. The van der Waals surface area contributed by atoms with E-state index >= 15 is 0 Å². The summed E-state index contributed by atoms with van der Waals surface area (Å²) in [5, 5.41) is 0.670. The highest BCUT2D eigenvalue weighted by atomic mass is 19.4. The fourth-order valence-electron chi connectivity index (χ4n) is 3.43. The van der Waals surface area contributed by atoms with E-state index in [4.69, 9.17) is 0 Å². The van der Waals surface area contributed by atoms with E-state index in [2.05, 4.69) is 9.97 Å². The molecule has 0 bridgehead atoms. The highest BCUT2D eigenvalue weighted by molar-refractivity contribution is 6.06. The number of carbonyl (C=O) groups is 1. The number of anilines is 1. The van der Waals surface area contributed by atoms with E-state index in [1.165, 1.54) is 12.1 Å². The first-order chi connectivity index (χ1) is 13.8. The van der Waals surface area contributed by atoms with E-state index in [9.17, 15) is 22.8 Å². The summed E-state index contributed by atoms with van der Waals surface area (Å²) in [5.41, 5.74) is -0.211. The Bertz CT molecular complexity index is 1100. The number of pyridine rings is 2. The number of fused-ring (bicyclic) bond motifs is 1. The monoisotopic (exact) mass is 402 g/mol. The number of hydrogen-bond donors (Lipinski definition) is 1. The van der Waals surface area contributed by atoms with Crippen molar-refractivity contribution in [2.45, 2.75) is 6.18 Å². The Labute approximate surface area is 163 Å². The molecule has 0 saturated carbocycles. The number of hydrogen-bond acceptors (Lipinski definition) is 4. The van der Waals surface area contributed by atoms with Gasteiger partial charge in [0.15, 0.2) is 0 Å². The molecule has 2 aromatic heterocycles. The van der Waals surface area contributed by atoms with Crippen LogP contribution in [0.4, 0.5) is 19.0 Å². The van der Waals surface area contributed by atoms with E-state index in [1.54, 1.807) is 29.2 Å². The maximum atomic E-state index is 13.0. The molecule has 1 amide bonds. The van der Waals surface area contributed by atoms with Crippen LogP contribution in [0, 0.1) is 0 Å². The number of aromatic nitrogens is 2. The molecule has 9 heteroatoms. The molecule has 1 N–H and O–H groups in total. The number of H-pyrrole nitrogens is 1. The fourth-order valence-corrected chi connectivity index (χ4v) is 3.43. The standard InChI is InChI=1S/C20H17F3N4O2/c21-20(22,23)13-5-6-17(24-12-13)26-7-9-27(10-8-26)19(29)15-11-18(28)25-16-4-2-1-3-14(15)16/h1-6,11-12H,7-10H2,(H,25,28). The van der Waals surface area contributed by atoms with Crippen molar-refractivity contribution >= 4 is 22.6 Å². The van der Waals surface area contributed by atoms with E-state index < -0.39 is 11.7 Å². The molecule has 0 atom stereocenters. The minimum Gasteiger partial charge on any atom is -0.353 e. The molecule has 1 saturated heterocycles. The first-order valence-corrected chi connectivity index (χ1v) is 9.02. The van der Waals surface area contributed by atoms with E-state index in [1.807, 2.05) is 4.90 Å². The Morgan fingerprint density at radius 3 is 2.41 bits per heavy atom. The number of nitrogens with one attached hydrogen (secondary N) is 1. The molecule has 1 aromatic carbocycles. The van der Waals surface area contributed by atoms with Gasteiger partial charge in [-0.15, -0.1) is 0 Å². The Morgan fingerprint density at radius 1 is 1.03 bits per heavy atom. The third kappa shape index (κ3) is 3.80. The summed E-state index contributed by atoms with van der Waals surface area (Å²) in [6.45, 7) is 1.63. The molecule has 4 rings (SSSR count). The van der Waals surface area contributed by atoms with Crippen molar-refractivity contribution in [3.8, 4) is 0 Å². The zero-order chi connectivity index (χ0) is 20.6. The third-order valence-electron chi connectivity index (χ3n) is 4.95. The fraction of sp³-hybridized carbons (Fsp3) is 0.250. The smallest absolute Gasteiger partial charge is 0.353 e. The maximum absolute atomic E-state index is 13.0. The number of amides is 1. The minimum absolute atomic E-state index is 0.243. The Hall–Kier alpha value is -3.36. The largest absolute Gasteiger partial charge is 0.417 e. The number of carbonyl (C=O) groups excluding carboxylic acids is 1. The summed E-state index contributed by atoms with van der Waals surface area (Å²) in [6, 6.07) is 10.7. The molecule has 1 aliphatic rings. The average molecular weight is 402 g/mol. The quantitative estimate of drug-likeness (QED) is 0.716. The number of aromatic amines is 1. The van der Waals surface area contributed by atoms with Crippen molar-refractivity contribution in [2.24, 2.45) is 0 Å². The summed E-state index contributed by atoms with van der Waals surface area (Å²) >= 11 is 0. The van der Waals surface area contributed by atoms with Crippen LogP contribution in [-0.2, 0) is 6.18 Å². The molecule has 1 fully saturated rings. The van der Waals surface area contributed by atoms with Crippen LogP contribution in [0.25, 0.3) is 10.9 Å². The van der Waals surface area contributed by atoms with E-state index in [0.717, 1.165) is 12.3 Å². The molecule has 0 unspecified atom stereocenters. The highest BCUT2D eigenvalue weighted by Crippen LogP contribution is 2.29. The molecule has 150 valence electrons. The molecule has 3 aromatic rings. The summed E-state index contributed by atoms with van der Waals surface area (Å²) in [7, 11) is 0. The summed E-state index contributed by atoms with van der Waals surface area (Å²) < 4.78 is 38.0. The summed E-state index contributed by atoms with van der Waals surface area (Å²) in [4.78, 5) is 35.0. The summed E-state index contributed by atoms with van der Waals surface area (Å²) in [5.74, 6) is 0.194. The SMILES string of the molecule is O=C(c1cc(=O)[nH]c2ccccc12)N1CCN(c2ccc(C(F)(F)F)cn2)CC1. The number of benzene rings is 1. The lowest BCUT2D eigenvalue weighted by atomic mass is 10.1. The van der Waals surface area contributed by atoms with Gasteiger partial charge in [-0.3, -0.25) is 9.59 Å². The number of halogens is 3. The van der Waals surface area contributed by atoms with Gasteiger partial charge in [-0.2, -0.15) is 13.2 Å². The molecule has 0 aliphatic carbocycles. The van der Waals surface area contributed by atoms with Crippen LogP contribution in [0.15, 0.2) is 53.5 Å². The van der Waals surface area contributed by atoms with Gasteiger partial charge in [-0.25, -0.2) is 4.98 Å². The normalized spacial score (nSPS) is 15.0. The number of piperazine rings is 1. The predicted molar refractivity (Wildman–Crippen MR) is 102 cm³/mol. The lowest BCUT2D eigenvalue weighted by Gasteiger charge is -2.35. The van der Waals surface area contributed by atoms with E-state index in [0.29, 0.717) is 48.5 Å². The van der Waals surface area contributed by atoms with Crippen LogP contribution >= 0.6 is 0 Å². The molecule has 0 spiro atoms. The van der Waals surface area contributed by atoms with Crippen molar-refractivity contribution in [1.29, 1.82) is 0 Å². The van der Waals surface area contributed by atoms with Gasteiger partial charge in [-0.1, -0.05) is 18.2 Å². The van der Waals surface area contributed by atoms with Crippen LogP contribution in [-0.4, -0.2) is 47.0 Å². The van der Waals surface area contributed by atoms with Crippen LogP contribution in [0.2, 0.25) is 0 Å². The molecule has 0 radical (unpaired) electrons. The number of rotatable bonds is 2. The van der Waals surface area contributed by atoms with Crippen molar-refractivity contribution in [3.05, 3.63) is 70.1 Å². The van der Waals surface area contributed by atoms with Crippen LogP contribution in [0.1, 0.15) is 15.9 Å². The van der Waals surface area contributed by atoms with Crippen molar-refractivity contribution in [2.75, 3.05) is 31.1 Å². The first kappa shape index (κ1) is 19.0. The highest BCUT2D eigenvalue weighted by Gasteiger charge is 2.31. The van der Waals surface area contributed by atoms with Crippen LogP contribution < -0.4 is 10.5 Å². The van der Waals surface area contributed by atoms with Gasteiger partial charge in [-0.05, 0) is 18.2 Å². The Morgan fingerprint density at radius 2 is 1.76 bits per heavy atom.